The Morgan fingerprint density at radius 1 is 1.00 bits per heavy atom. The van der Waals surface area contributed by atoms with Crippen LogP contribution in [0, 0.1) is 17.3 Å². The number of hydrogen-bond donors (Lipinski definition) is 1. The molecule has 4 bridgehead atoms. The molecular weight excluding hydrogens is 328 g/mol. The average molecular weight is 354 g/mol. The van der Waals surface area contributed by atoms with Crippen molar-refractivity contribution in [3.63, 3.8) is 0 Å². The molecule has 0 radical (unpaired) electrons. The Hall–Kier alpha value is -1.63. The summed E-state index contributed by atoms with van der Waals surface area (Å²) in [7, 11) is 0. The maximum Gasteiger partial charge on any atom is 0.312 e. The SMILES string of the molecule is CC(=O)OCC(O)COC(=O)C12CC3CC(CC(OC(C)=O)(C3)C1)C2. The molecule has 0 amide bonds. The molecule has 4 rings (SSSR count). The normalized spacial score (nSPS) is 36.6. The van der Waals surface area contributed by atoms with Crippen LogP contribution in [0.15, 0.2) is 0 Å². The van der Waals surface area contributed by atoms with Gasteiger partial charge in [-0.3, -0.25) is 14.4 Å². The van der Waals surface area contributed by atoms with Gasteiger partial charge >= 0.3 is 17.9 Å². The summed E-state index contributed by atoms with van der Waals surface area (Å²) in [6, 6.07) is 0. The summed E-state index contributed by atoms with van der Waals surface area (Å²) < 4.78 is 15.7. The van der Waals surface area contributed by atoms with Crippen molar-refractivity contribution in [2.45, 2.75) is 64.1 Å². The van der Waals surface area contributed by atoms with Gasteiger partial charge in [0.25, 0.3) is 0 Å². The van der Waals surface area contributed by atoms with Crippen LogP contribution >= 0.6 is 0 Å². The Morgan fingerprint density at radius 2 is 1.60 bits per heavy atom. The lowest BCUT2D eigenvalue weighted by molar-refractivity contribution is -0.212. The fourth-order valence-corrected chi connectivity index (χ4v) is 5.43. The average Bonchev–Trinajstić information content (AvgIpc) is 2.47. The van der Waals surface area contributed by atoms with Gasteiger partial charge in [0, 0.05) is 20.3 Å². The highest BCUT2D eigenvalue weighted by Crippen LogP contribution is 2.63. The molecule has 0 aromatic carbocycles. The van der Waals surface area contributed by atoms with E-state index in [1.807, 2.05) is 0 Å². The van der Waals surface area contributed by atoms with Crippen LogP contribution in [0.25, 0.3) is 0 Å². The number of carbonyl (C=O) groups is 3. The lowest BCUT2D eigenvalue weighted by Crippen LogP contribution is -2.60. The van der Waals surface area contributed by atoms with Gasteiger partial charge < -0.3 is 19.3 Å². The molecule has 7 nitrogen and oxygen atoms in total. The van der Waals surface area contributed by atoms with E-state index in [-0.39, 0.29) is 25.2 Å². The topological polar surface area (TPSA) is 99.1 Å². The van der Waals surface area contributed by atoms with Crippen LogP contribution in [0.5, 0.6) is 0 Å². The minimum absolute atomic E-state index is 0.196. The van der Waals surface area contributed by atoms with E-state index in [1.165, 1.54) is 13.8 Å². The largest absolute Gasteiger partial charge is 0.463 e. The summed E-state index contributed by atoms with van der Waals surface area (Å²) in [4.78, 5) is 35.1. The highest BCUT2D eigenvalue weighted by atomic mass is 16.6. The minimum atomic E-state index is -1.04. The molecular formula is C18H26O7. The third-order valence-electron chi connectivity index (χ3n) is 5.69. The van der Waals surface area contributed by atoms with Gasteiger partial charge in [-0.05, 0) is 43.9 Å². The van der Waals surface area contributed by atoms with Crippen LogP contribution in [-0.2, 0) is 28.6 Å². The fraction of sp³-hybridized carbons (Fsp3) is 0.833. The molecule has 0 aliphatic heterocycles. The Balaban J connectivity index is 1.63. The molecule has 4 saturated carbocycles. The van der Waals surface area contributed by atoms with Crippen molar-refractivity contribution in [2.24, 2.45) is 17.3 Å². The highest BCUT2D eigenvalue weighted by molar-refractivity contribution is 5.78. The Morgan fingerprint density at radius 3 is 2.16 bits per heavy atom. The van der Waals surface area contributed by atoms with E-state index < -0.39 is 23.1 Å². The molecule has 4 fully saturated rings. The van der Waals surface area contributed by atoms with E-state index >= 15 is 0 Å². The Labute approximate surface area is 147 Å². The van der Waals surface area contributed by atoms with E-state index in [1.54, 1.807) is 0 Å². The summed E-state index contributed by atoms with van der Waals surface area (Å²) >= 11 is 0. The van der Waals surface area contributed by atoms with Crippen molar-refractivity contribution in [1.82, 2.24) is 0 Å². The number of aliphatic hydroxyl groups is 1. The number of ether oxygens (including phenoxy) is 3. The number of esters is 3. The molecule has 1 N–H and O–H groups in total. The number of carbonyl (C=O) groups excluding carboxylic acids is 3. The van der Waals surface area contributed by atoms with Gasteiger partial charge in [-0.2, -0.15) is 0 Å². The predicted octanol–water partition coefficient (Wildman–Crippen LogP) is 1.36. The van der Waals surface area contributed by atoms with Gasteiger partial charge in [-0.25, -0.2) is 0 Å². The van der Waals surface area contributed by atoms with Crippen LogP contribution in [-0.4, -0.2) is 47.9 Å². The highest BCUT2D eigenvalue weighted by Gasteiger charge is 2.62. The molecule has 0 aromatic rings. The van der Waals surface area contributed by atoms with Crippen LogP contribution in [0.1, 0.15) is 52.4 Å². The van der Waals surface area contributed by atoms with Gasteiger partial charge in [0.2, 0.25) is 0 Å². The van der Waals surface area contributed by atoms with Crippen LogP contribution in [0.4, 0.5) is 0 Å². The first kappa shape index (κ1) is 18.2. The first-order chi connectivity index (χ1) is 11.7. The van der Waals surface area contributed by atoms with Crippen molar-refractivity contribution >= 4 is 17.9 Å². The van der Waals surface area contributed by atoms with Crippen molar-refractivity contribution in [2.75, 3.05) is 13.2 Å². The summed E-state index contributed by atoms with van der Waals surface area (Å²) in [5, 5.41) is 9.77. The molecule has 4 aliphatic rings. The van der Waals surface area contributed by atoms with Crippen molar-refractivity contribution < 1.29 is 33.7 Å². The lowest BCUT2D eigenvalue weighted by Gasteiger charge is -2.59. The van der Waals surface area contributed by atoms with E-state index in [9.17, 15) is 19.5 Å². The zero-order valence-corrected chi connectivity index (χ0v) is 14.8. The molecule has 4 aliphatic carbocycles. The van der Waals surface area contributed by atoms with Gasteiger partial charge in [0.1, 0.15) is 24.9 Å². The third kappa shape index (κ3) is 3.81. The second kappa shape index (κ2) is 6.59. The molecule has 0 saturated heterocycles. The van der Waals surface area contributed by atoms with E-state index in [0.717, 1.165) is 32.1 Å². The number of rotatable bonds is 6. The lowest BCUT2D eigenvalue weighted by atomic mass is 9.48. The second-order valence-electron chi connectivity index (χ2n) is 8.07. The predicted molar refractivity (Wildman–Crippen MR) is 85.2 cm³/mol. The maximum absolute atomic E-state index is 12.8. The quantitative estimate of drug-likeness (QED) is 0.568. The van der Waals surface area contributed by atoms with E-state index in [4.69, 9.17) is 14.2 Å². The third-order valence-corrected chi connectivity index (χ3v) is 5.69. The molecule has 3 atom stereocenters. The minimum Gasteiger partial charge on any atom is -0.463 e. The van der Waals surface area contributed by atoms with Crippen molar-refractivity contribution in [3.8, 4) is 0 Å². The smallest absolute Gasteiger partial charge is 0.312 e. The summed E-state index contributed by atoms with van der Waals surface area (Å²) in [6.07, 6.45) is 3.71. The molecule has 3 unspecified atom stereocenters. The van der Waals surface area contributed by atoms with Gasteiger partial charge in [0.05, 0.1) is 5.41 Å². The number of hydrogen-bond acceptors (Lipinski definition) is 7. The van der Waals surface area contributed by atoms with Crippen LogP contribution in [0.3, 0.4) is 0 Å². The maximum atomic E-state index is 12.8. The monoisotopic (exact) mass is 354 g/mol. The second-order valence-corrected chi connectivity index (χ2v) is 8.07. The van der Waals surface area contributed by atoms with Crippen LogP contribution < -0.4 is 0 Å². The first-order valence-electron chi connectivity index (χ1n) is 8.90. The van der Waals surface area contributed by atoms with Crippen molar-refractivity contribution in [1.29, 1.82) is 0 Å². The zero-order valence-electron chi connectivity index (χ0n) is 14.8. The molecule has 140 valence electrons. The Bertz CT molecular complexity index is 556. The fourth-order valence-electron chi connectivity index (χ4n) is 5.43. The van der Waals surface area contributed by atoms with Gasteiger partial charge in [-0.15, -0.1) is 0 Å². The number of aliphatic hydroxyl groups excluding tert-OH is 1. The summed E-state index contributed by atoms with van der Waals surface area (Å²) in [6.45, 7) is 2.26. The summed E-state index contributed by atoms with van der Waals surface area (Å²) in [5.74, 6) is -0.379. The Kier molecular flexibility index (Phi) is 4.79. The zero-order chi connectivity index (χ0) is 18.2. The first-order valence-corrected chi connectivity index (χ1v) is 8.90. The van der Waals surface area contributed by atoms with Gasteiger partial charge in [-0.1, -0.05) is 0 Å². The molecule has 0 heterocycles. The molecule has 0 spiro atoms. The summed E-state index contributed by atoms with van der Waals surface area (Å²) in [5.41, 5.74) is -1.16. The van der Waals surface area contributed by atoms with Crippen molar-refractivity contribution in [3.05, 3.63) is 0 Å². The standard InChI is InChI=1S/C18H26O7/c1-11(19)23-8-15(21)9-24-16(22)17-4-13-3-14(5-17)7-18(6-13,10-17)25-12(2)20/h13-15,21H,3-10H2,1-2H3. The van der Waals surface area contributed by atoms with E-state index in [0.29, 0.717) is 18.3 Å². The van der Waals surface area contributed by atoms with Crippen LogP contribution in [0.2, 0.25) is 0 Å². The molecule has 7 heteroatoms. The molecule has 0 aromatic heterocycles. The van der Waals surface area contributed by atoms with Gasteiger partial charge in [0.15, 0.2) is 0 Å². The van der Waals surface area contributed by atoms with E-state index in [2.05, 4.69) is 0 Å². The molecule has 25 heavy (non-hydrogen) atoms.